The van der Waals surface area contributed by atoms with Crippen LogP contribution in [0.4, 0.5) is 9.59 Å². The van der Waals surface area contributed by atoms with Gasteiger partial charge in [-0.05, 0) is 74.7 Å². The summed E-state index contributed by atoms with van der Waals surface area (Å²) >= 11 is 0. The summed E-state index contributed by atoms with van der Waals surface area (Å²) in [6, 6.07) is -1.43. The second-order valence-electron chi connectivity index (χ2n) is 18.8. The Morgan fingerprint density at radius 3 is 1.18 bits per heavy atom. The molecular weight excluding hydrogens is 1010 g/mol. The first-order valence-corrected chi connectivity index (χ1v) is 26.5. The molecule has 0 aromatic carbocycles. The molecule has 2 rings (SSSR count). The number of esters is 2. The summed E-state index contributed by atoms with van der Waals surface area (Å²) in [7, 11) is -8.44. The number of urea groups is 2. The van der Waals surface area contributed by atoms with Crippen LogP contribution in [0.15, 0.2) is 130 Å². The Hall–Kier alpha value is -4.22. The van der Waals surface area contributed by atoms with Crippen molar-refractivity contribution in [1.29, 1.82) is 0 Å². The number of amides is 4. The van der Waals surface area contributed by atoms with Gasteiger partial charge in [-0.15, -0.1) is 0 Å². The van der Waals surface area contributed by atoms with E-state index in [0.717, 1.165) is 33.4 Å². The van der Waals surface area contributed by atoms with Crippen molar-refractivity contribution in [3.8, 4) is 0 Å². The topological polar surface area (TPSA) is 278 Å². The summed E-state index contributed by atoms with van der Waals surface area (Å²) in [6.07, 6.45) is 25.5. The number of ether oxygens (including phenoxy) is 2. The Morgan fingerprint density at radius 2 is 0.851 bits per heavy atom. The molecule has 22 heteroatoms. The zero-order chi connectivity index (χ0) is 54.5. The van der Waals surface area contributed by atoms with Gasteiger partial charge in [0.2, 0.25) is 0 Å². The molecule has 0 saturated heterocycles. The average molecular weight is 1090 g/mol. The SMILES string of the molecule is CC1=C(/C=C/C(C)=C/C=C/C(C)=C/C=C/C=C(C)/C=C/C=C(C)/C=C/C2=C(C)C(=O)C(OC(=O)CCNC(=O)NCCS(=O)(=O)O)CC2(C)C)C(C)(C)CC(OC(=O)CCNC(=O)NCCS(=O)(=O)O)C1=O.[H-].[H-].[Na+].[Na+]. The molecule has 400 valence electrons. The molecule has 0 radical (unpaired) electrons. The fraction of sp³-hybridized carbons (Fsp3) is 0.462. The maximum absolute atomic E-state index is 13.2. The van der Waals surface area contributed by atoms with Crippen molar-refractivity contribution in [2.24, 2.45) is 10.8 Å². The summed E-state index contributed by atoms with van der Waals surface area (Å²) in [6.45, 7) is 18.4. The van der Waals surface area contributed by atoms with Crippen LogP contribution in [0, 0.1) is 10.8 Å². The van der Waals surface area contributed by atoms with E-state index in [9.17, 15) is 45.6 Å². The minimum atomic E-state index is -4.22. The summed E-state index contributed by atoms with van der Waals surface area (Å²) < 4.78 is 71.5. The number of Topliss-reactive ketones (excluding diaryl/α,β-unsaturated/α-hetero) is 2. The quantitative estimate of drug-likeness (QED) is 0.0345. The number of allylic oxidation sites excluding steroid dienone is 20. The van der Waals surface area contributed by atoms with Crippen LogP contribution in [0.1, 0.15) is 97.8 Å². The van der Waals surface area contributed by atoms with Gasteiger partial charge >= 0.3 is 83.1 Å². The minimum Gasteiger partial charge on any atom is -1.00 e. The molecule has 74 heavy (non-hydrogen) atoms. The molecule has 0 spiro atoms. The third-order valence-corrected chi connectivity index (χ3v) is 12.8. The molecule has 18 nitrogen and oxygen atoms in total. The number of hydrogen-bond acceptors (Lipinski definition) is 12. The monoisotopic (exact) mass is 1090 g/mol. The molecule has 0 heterocycles. The first-order valence-electron chi connectivity index (χ1n) is 23.3. The minimum absolute atomic E-state index is 0. The zero-order valence-corrected chi connectivity index (χ0v) is 50.6. The molecule has 4 amide bonds. The van der Waals surface area contributed by atoms with E-state index in [-0.39, 0.29) is 125 Å². The average Bonchev–Trinajstić information content (AvgIpc) is 3.24. The van der Waals surface area contributed by atoms with E-state index in [0.29, 0.717) is 11.1 Å². The summed E-state index contributed by atoms with van der Waals surface area (Å²) in [5.41, 5.74) is 5.66. The van der Waals surface area contributed by atoms with Crippen LogP contribution in [-0.2, 0) is 48.9 Å². The summed E-state index contributed by atoms with van der Waals surface area (Å²) in [4.78, 5) is 75.0. The van der Waals surface area contributed by atoms with Crippen molar-refractivity contribution in [3.05, 3.63) is 130 Å². The third kappa shape index (κ3) is 27.5. The molecule has 0 aliphatic heterocycles. The number of nitrogens with one attached hydrogen (secondary N) is 4. The molecular formula is C52H74N4Na2O14S2. The number of carbonyl (C=O) groups excluding carboxylic acids is 6. The van der Waals surface area contributed by atoms with Crippen LogP contribution in [0.2, 0.25) is 0 Å². The van der Waals surface area contributed by atoms with Gasteiger partial charge in [0.05, 0.1) is 24.3 Å². The fourth-order valence-corrected chi connectivity index (χ4v) is 8.18. The molecule has 2 unspecified atom stereocenters. The maximum Gasteiger partial charge on any atom is 1.00 e. The molecule has 0 saturated carbocycles. The van der Waals surface area contributed by atoms with Crippen molar-refractivity contribution in [2.45, 2.75) is 107 Å². The van der Waals surface area contributed by atoms with Gasteiger partial charge in [0, 0.05) is 39.0 Å². The molecule has 0 bridgehead atoms. The van der Waals surface area contributed by atoms with Crippen molar-refractivity contribution in [1.82, 2.24) is 21.3 Å². The second kappa shape index (κ2) is 33.0. The number of ketones is 2. The van der Waals surface area contributed by atoms with Gasteiger partial charge in [0.1, 0.15) is 0 Å². The van der Waals surface area contributed by atoms with Gasteiger partial charge in [0.25, 0.3) is 20.2 Å². The van der Waals surface area contributed by atoms with Gasteiger partial charge in [-0.2, -0.15) is 16.8 Å². The number of rotatable bonds is 24. The Morgan fingerprint density at radius 1 is 0.554 bits per heavy atom. The zero-order valence-electron chi connectivity index (χ0n) is 46.9. The van der Waals surface area contributed by atoms with Crippen LogP contribution >= 0.6 is 0 Å². The predicted molar refractivity (Wildman–Crippen MR) is 280 cm³/mol. The maximum atomic E-state index is 13.2. The van der Waals surface area contributed by atoms with Crippen LogP contribution < -0.4 is 80.4 Å². The molecule has 0 fully saturated rings. The van der Waals surface area contributed by atoms with E-state index in [1.165, 1.54) is 0 Å². The molecule has 2 aliphatic carbocycles. The molecule has 0 aromatic rings. The summed E-state index contributed by atoms with van der Waals surface area (Å²) in [5.74, 6) is -3.21. The normalized spacial score (nSPS) is 19.0. The van der Waals surface area contributed by atoms with Crippen LogP contribution in [0.3, 0.4) is 0 Å². The first-order chi connectivity index (χ1) is 33.4. The largest absolute Gasteiger partial charge is 1.00 e. The Bertz CT molecular complexity index is 2470. The molecule has 2 atom stereocenters. The van der Waals surface area contributed by atoms with Gasteiger partial charge in [0.15, 0.2) is 23.8 Å². The number of carbonyl (C=O) groups is 6. The van der Waals surface area contributed by atoms with Gasteiger partial charge in [-0.3, -0.25) is 28.3 Å². The number of hydrogen-bond donors (Lipinski definition) is 6. The van der Waals surface area contributed by atoms with E-state index in [4.69, 9.17) is 18.6 Å². The second-order valence-corrected chi connectivity index (χ2v) is 21.9. The van der Waals surface area contributed by atoms with Crippen LogP contribution in [0.5, 0.6) is 0 Å². The van der Waals surface area contributed by atoms with Crippen LogP contribution in [0.25, 0.3) is 0 Å². The summed E-state index contributed by atoms with van der Waals surface area (Å²) in [5, 5.41) is 9.28. The third-order valence-electron chi connectivity index (χ3n) is 11.3. The Balaban J connectivity index is -0.0000133. The predicted octanol–water partition coefficient (Wildman–Crippen LogP) is 1.39. The van der Waals surface area contributed by atoms with E-state index < -0.39 is 78.8 Å². The van der Waals surface area contributed by atoms with E-state index in [1.807, 2.05) is 140 Å². The van der Waals surface area contributed by atoms with Crippen molar-refractivity contribution in [3.63, 3.8) is 0 Å². The van der Waals surface area contributed by atoms with E-state index in [1.54, 1.807) is 13.8 Å². The van der Waals surface area contributed by atoms with Crippen molar-refractivity contribution < 1.29 is 126 Å². The van der Waals surface area contributed by atoms with Crippen LogP contribution in [-0.4, -0.2) is 111 Å². The first kappa shape index (κ1) is 69.8. The van der Waals surface area contributed by atoms with Gasteiger partial charge < -0.3 is 33.6 Å². The van der Waals surface area contributed by atoms with Crippen molar-refractivity contribution >= 4 is 55.8 Å². The molecule has 0 aromatic heterocycles. The fourth-order valence-electron chi connectivity index (χ4n) is 7.46. The standard InChI is InChI=1S/C52H72N4O14S2.2Na.2H/c1-35(17-13-19-37(3)21-23-41-39(5)47(59)43(33-51(41,7)8)69-45(57)25-27-53-49(61)55-29-31-71(63,64)65)15-11-12-16-36(2)18-14-20-38(4)22-24-42-40(6)48(60)44(34-52(42,9)10)70-46(58)26-28-54-50(62)56-30-32-72(66,67)68;;;;/h11-24,43-44H,25-34H2,1-10H3,(H2,53,55,61)(H2,54,56,62)(H,63,64,65)(H,66,67,68);;;;/q;2*+1;2*-1/b12-11+,17-13+,18-14+,23-21+,24-22+,35-15+,36-16+,37-19+,38-20+;;;;. The van der Waals surface area contributed by atoms with Gasteiger partial charge in [-0.1, -0.05) is 135 Å². The van der Waals surface area contributed by atoms with Crippen molar-refractivity contribution in [2.75, 3.05) is 37.7 Å². The van der Waals surface area contributed by atoms with E-state index in [2.05, 4.69) is 21.3 Å². The Labute approximate surface area is 484 Å². The molecule has 2 aliphatic rings. The smallest absolute Gasteiger partial charge is 1.00 e. The molecule has 6 N–H and O–H groups in total. The van der Waals surface area contributed by atoms with Gasteiger partial charge in [-0.25, -0.2) is 9.59 Å². The van der Waals surface area contributed by atoms with E-state index >= 15 is 0 Å². The Kier molecular flexibility index (Phi) is 31.2.